The van der Waals surface area contributed by atoms with Gasteiger partial charge < -0.3 is 10.0 Å². The summed E-state index contributed by atoms with van der Waals surface area (Å²) < 4.78 is 27.6. The molecule has 2 N–H and O–H groups in total. The predicted octanol–water partition coefficient (Wildman–Crippen LogP) is 1.13. The maximum absolute atomic E-state index is 12.5. The minimum Gasteiger partial charge on any atom is -0.389 e. The molecule has 6 nitrogen and oxygen atoms in total. The molecule has 132 valence electrons. The number of nitrogens with zero attached hydrogens (tertiary/aromatic N) is 1. The lowest BCUT2D eigenvalue weighted by Gasteiger charge is -2.38. The molecule has 1 aromatic rings. The molecule has 0 spiro atoms. The number of benzene rings is 1. The first kappa shape index (κ1) is 17.4. The minimum absolute atomic E-state index is 0.0679. The zero-order valence-corrected chi connectivity index (χ0v) is 14.5. The fraction of sp³-hybridized carbons (Fsp3) is 0.588. The Morgan fingerprint density at radius 3 is 2.58 bits per heavy atom. The normalized spacial score (nSPS) is 23.5. The van der Waals surface area contributed by atoms with E-state index >= 15 is 0 Å². The second-order valence-electron chi connectivity index (χ2n) is 6.83. The SMILES string of the molecule is O=C(c1ccccc1)N1CCC[C@H](S(=O)(=O)NCC2(O)CCC2)C1. The highest BCUT2D eigenvalue weighted by atomic mass is 32.2. The van der Waals surface area contributed by atoms with E-state index in [1.54, 1.807) is 29.2 Å². The number of carbonyl (C=O) groups is 1. The van der Waals surface area contributed by atoms with E-state index in [9.17, 15) is 18.3 Å². The fourth-order valence-corrected chi connectivity index (χ4v) is 4.81. The predicted molar refractivity (Wildman–Crippen MR) is 91.1 cm³/mol. The van der Waals surface area contributed by atoms with Crippen LogP contribution in [-0.4, -0.2) is 54.8 Å². The second kappa shape index (κ2) is 6.82. The highest BCUT2D eigenvalue weighted by Gasteiger charge is 2.38. The van der Waals surface area contributed by atoms with Gasteiger partial charge in [0.1, 0.15) is 0 Å². The number of amides is 1. The van der Waals surface area contributed by atoms with Crippen LogP contribution in [0.25, 0.3) is 0 Å². The molecule has 2 aliphatic rings. The summed E-state index contributed by atoms with van der Waals surface area (Å²) in [6.45, 7) is 0.837. The number of likely N-dealkylation sites (tertiary alicyclic amines) is 1. The zero-order chi connectivity index (χ0) is 17.2. The number of carbonyl (C=O) groups excluding carboxylic acids is 1. The minimum atomic E-state index is -3.55. The lowest BCUT2D eigenvalue weighted by atomic mass is 9.81. The van der Waals surface area contributed by atoms with Gasteiger partial charge in [0.05, 0.1) is 10.9 Å². The van der Waals surface area contributed by atoms with Gasteiger partial charge in [-0.25, -0.2) is 13.1 Å². The molecule has 1 heterocycles. The summed E-state index contributed by atoms with van der Waals surface area (Å²) in [7, 11) is -3.55. The third-order valence-electron chi connectivity index (χ3n) is 5.01. The molecule has 0 unspecified atom stereocenters. The van der Waals surface area contributed by atoms with Gasteiger partial charge in [0, 0.05) is 25.2 Å². The van der Waals surface area contributed by atoms with E-state index in [0.717, 1.165) is 6.42 Å². The average Bonchev–Trinajstić information content (AvgIpc) is 2.58. The maximum Gasteiger partial charge on any atom is 0.253 e. The summed E-state index contributed by atoms with van der Waals surface area (Å²) in [6.07, 6.45) is 3.40. The van der Waals surface area contributed by atoms with Crippen molar-refractivity contribution >= 4 is 15.9 Å². The summed E-state index contributed by atoms with van der Waals surface area (Å²) in [5, 5.41) is 9.45. The Morgan fingerprint density at radius 1 is 1.25 bits per heavy atom. The molecule has 0 aromatic heterocycles. The van der Waals surface area contributed by atoms with Gasteiger partial charge >= 0.3 is 0 Å². The first-order chi connectivity index (χ1) is 11.4. The summed E-state index contributed by atoms with van der Waals surface area (Å²) >= 11 is 0. The lowest BCUT2D eigenvalue weighted by Crippen LogP contribution is -2.53. The van der Waals surface area contributed by atoms with Gasteiger partial charge in [-0.1, -0.05) is 18.2 Å². The Bertz CT molecular complexity index is 686. The van der Waals surface area contributed by atoms with Crippen LogP contribution in [0, 0.1) is 0 Å². The monoisotopic (exact) mass is 352 g/mol. The van der Waals surface area contributed by atoms with Crippen molar-refractivity contribution in [1.29, 1.82) is 0 Å². The van der Waals surface area contributed by atoms with Crippen LogP contribution in [0.2, 0.25) is 0 Å². The van der Waals surface area contributed by atoms with E-state index in [1.807, 2.05) is 6.07 Å². The van der Waals surface area contributed by atoms with Gasteiger partial charge in [0.15, 0.2) is 0 Å². The van der Waals surface area contributed by atoms with Crippen molar-refractivity contribution in [1.82, 2.24) is 9.62 Å². The number of aliphatic hydroxyl groups is 1. The zero-order valence-electron chi connectivity index (χ0n) is 13.6. The van der Waals surface area contributed by atoms with Gasteiger partial charge in [-0.3, -0.25) is 4.79 Å². The van der Waals surface area contributed by atoms with E-state index in [0.29, 0.717) is 37.8 Å². The maximum atomic E-state index is 12.5. The van der Waals surface area contributed by atoms with Gasteiger partial charge in [-0.05, 0) is 44.2 Å². The molecule has 1 saturated carbocycles. The number of hydrogen-bond donors (Lipinski definition) is 2. The van der Waals surface area contributed by atoms with Crippen LogP contribution < -0.4 is 4.72 Å². The second-order valence-corrected chi connectivity index (χ2v) is 8.87. The van der Waals surface area contributed by atoms with Crippen molar-refractivity contribution in [3.63, 3.8) is 0 Å². The van der Waals surface area contributed by atoms with Gasteiger partial charge in [0.25, 0.3) is 5.91 Å². The van der Waals surface area contributed by atoms with E-state index in [4.69, 9.17) is 0 Å². The van der Waals surface area contributed by atoms with Crippen molar-refractivity contribution in [2.45, 2.75) is 43.0 Å². The summed E-state index contributed by atoms with van der Waals surface area (Å²) in [6, 6.07) is 8.92. The highest BCUT2D eigenvalue weighted by molar-refractivity contribution is 7.90. The number of piperidine rings is 1. The Morgan fingerprint density at radius 2 is 1.96 bits per heavy atom. The quantitative estimate of drug-likeness (QED) is 0.832. The van der Waals surface area contributed by atoms with Crippen molar-refractivity contribution in [3.05, 3.63) is 35.9 Å². The molecule has 0 radical (unpaired) electrons. The van der Waals surface area contributed by atoms with Gasteiger partial charge in [-0.15, -0.1) is 0 Å². The molecule has 2 fully saturated rings. The smallest absolute Gasteiger partial charge is 0.253 e. The molecule has 0 bridgehead atoms. The van der Waals surface area contributed by atoms with Crippen LogP contribution in [0.4, 0.5) is 0 Å². The number of sulfonamides is 1. The average molecular weight is 352 g/mol. The molecule has 3 rings (SSSR count). The molecule has 24 heavy (non-hydrogen) atoms. The summed E-state index contributed by atoms with van der Waals surface area (Å²) in [4.78, 5) is 14.1. The van der Waals surface area contributed by atoms with Crippen LogP contribution in [-0.2, 0) is 10.0 Å². The van der Waals surface area contributed by atoms with E-state index in [-0.39, 0.29) is 19.0 Å². The van der Waals surface area contributed by atoms with E-state index < -0.39 is 20.9 Å². The summed E-state index contributed by atoms with van der Waals surface area (Å²) in [5.41, 5.74) is -0.311. The standard InChI is InChI=1S/C17H24N2O4S/c20-16(14-6-2-1-3-7-14)19-11-4-8-15(12-19)24(22,23)18-13-17(21)9-5-10-17/h1-3,6-7,15,18,21H,4-5,8-13H2/t15-/m0/s1. The molecule has 1 aliphatic heterocycles. The van der Waals surface area contributed by atoms with Gasteiger partial charge in [-0.2, -0.15) is 0 Å². The van der Waals surface area contributed by atoms with Crippen LogP contribution in [0.1, 0.15) is 42.5 Å². The van der Waals surface area contributed by atoms with Gasteiger partial charge in [0.2, 0.25) is 10.0 Å². The van der Waals surface area contributed by atoms with Crippen molar-refractivity contribution in [2.24, 2.45) is 0 Å². The Kier molecular flexibility index (Phi) is 4.94. The molecular weight excluding hydrogens is 328 g/mol. The summed E-state index contributed by atoms with van der Waals surface area (Å²) in [5.74, 6) is -0.131. The number of rotatable bonds is 5. The fourth-order valence-electron chi connectivity index (χ4n) is 3.25. The third-order valence-corrected chi connectivity index (χ3v) is 6.82. The number of hydrogen-bond acceptors (Lipinski definition) is 4. The van der Waals surface area contributed by atoms with Crippen LogP contribution >= 0.6 is 0 Å². The van der Waals surface area contributed by atoms with Crippen LogP contribution in [0.15, 0.2) is 30.3 Å². The third kappa shape index (κ3) is 3.79. The molecule has 7 heteroatoms. The highest BCUT2D eigenvalue weighted by Crippen LogP contribution is 2.31. The largest absolute Gasteiger partial charge is 0.389 e. The Hall–Kier alpha value is -1.44. The first-order valence-corrected chi connectivity index (χ1v) is 9.99. The molecule has 1 aromatic carbocycles. The molecule has 1 amide bonds. The topological polar surface area (TPSA) is 86.7 Å². The number of nitrogens with one attached hydrogen (secondary N) is 1. The van der Waals surface area contributed by atoms with Crippen molar-refractivity contribution < 1.29 is 18.3 Å². The molecule has 1 atom stereocenters. The molecular formula is C17H24N2O4S. The van der Waals surface area contributed by atoms with E-state index in [2.05, 4.69) is 4.72 Å². The van der Waals surface area contributed by atoms with E-state index in [1.165, 1.54) is 0 Å². The Balaban J connectivity index is 1.63. The lowest BCUT2D eigenvalue weighted by molar-refractivity contribution is -0.0271. The molecule has 1 saturated heterocycles. The van der Waals surface area contributed by atoms with Crippen molar-refractivity contribution in [3.8, 4) is 0 Å². The Labute approximate surface area is 142 Å². The van der Waals surface area contributed by atoms with Crippen LogP contribution in [0.3, 0.4) is 0 Å². The van der Waals surface area contributed by atoms with Crippen LogP contribution in [0.5, 0.6) is 0 Å². The van der Waals surface area contributed by atoms with Crippen molar-refractivity contribution in [2.75, 3.05) is 19.6 Å². The molecule has 1 aliphatic carbocycles. The first-order valence-electron chi connectivity index (χ1n) is 8.45.